The van der Waals surface area contributed by atoms with Crippen LogP contribution in [-0.4, -0.2) is 75.8 Å². The van der Waals surface area contributed by atoms with E-state index in [4.69, 9.17) is 26.4 Å². The Balaban J connectivity index is 5.00. The molecule has 15 nitrogen and oxygen atoms in total. The number of nitrogens with one attached hydrogen (secondary N) is 1. The summed E-state index contributed by atoms with van der Waals surface area (Å²) in [6.07, 6.45) is -3.64. The van der Waals surface area contributed by atoms with Crippen LogP contribution in [0.25, 0.3) is 0 Å². The third-order valence-corrected chi connectivity index (χ3v) is 4.01. The van der Waals surface area contributed by atoms with E-state index in [1.807, 2.05) is 0 Å². The average molecular weight is 505 g/mol. The van der Waals surface area contributed by atoms with E-state index in [9.17, 15) is 33.6 Å². The molecule has 0 saturated carbocycles. The van der Waals surface area contributed by atoms with E-state index in [-0.39, 0.29) is 12.8 Å². The lowest BCUT2D eigenvalue weighted by Gasteiger charge is -2.22. The summed E-state index contributed by atoms with van der Waals surface area (Å²) in [5, 5.41) is 19.5. The van der Waals surface area contributed by atoms with Crippen LogP contribution >= 0.6 is 0 Å². The molecule has 0 spiro atoms. The highest BCUT2D eigenvalue weighted by Crippen LogP contribution is 2.10. The summed E-state index contributed by atoms with van der Waals surface area (Å²) >= 11 is 0. The van der Waals surface area contributed by atoms with Crippen molar-refractivity contribution in [2.24, 2.45) is 11.5 Å². The number of amides is 1. The van der Waals surface area contributed by atoms with Gasteiger partial charge in [-0.1, -0.05) is 0 Å². The first kappa shape index (κ1) is 31.4. The normalized spacial score (nSPS) is 13.5. The lowest BCUT2D eigenvalue weighted by molar-refractivity contribution is -0.161. The predicted octanol–water partition coefficient (Wildman–Crippen LogP) is -0.816. The summed E-state index contributed by atoms with van der Waals surface area (Å²) in [5.74, 6) is -7.21. The molecule has 1 amide bonds. The Morgan fingerprint density at radius 2 is 1.14 bits per heavy atom. The van der Waals surface area contributed by atoms with E-state index in [2.05, 4.69) is 14.8 Å². The monoisotopic (exact) mass is 505 g/mol. The number of hydrogen-bond acceptors (Lipinski definition) is 12. The molecule has 3 atom stereocenters. The van der Waals surface area contributed by atoms with Crippen molar-refractivity contribution < 1.29 is 58.0 Å². The van der Waals surface area contributed by atoms with Crippen molar-refractivity contribution in [3.63, 3.8) is 0 Å². The Morgan fingerprint density at radius 3 is 1.54 bits per heavy atom. The highest BCUT2D eigenvalue weighted by Gasteiger charge is 2.29. The lowest BCUT2D eigenvalue weighted by atomic mass is 10.1. The zero-order valence-corrected chi connectivity index (χ0v) is 19.6. The van der Waals surface area contributed by atoms with Crippen LogP contribution in [0.5, 0.6) is 0 Å². The molecule has 0 fully saturated rings. The second-order valence-electron chi connectivity index (χ2n) is 8.34. The zero-order chi connectivity index (χ0) is 27.3. The highest BCUT2D eigenvalue weighted by molar-refractivity contribution is 5.91. The van der Waals surface area contributed by atoms with Crippen molar-refractivity contribution in [3.05, 3.63) is 0 Å². The molecule has 0 rings (SSSR count). The van der Waals surface area contributed by atoms with Gasteiger partial charge in [0.1, 0.15) is 23.7 Å². The summed E-state index contributed by atoms with van der Waals surface area (Å²) in [7, 11) is 0. The van der Waals surface area contributed by atoms with Gasteiger partial charge < -0.3 is 41.2 Å². The molecule has 0 unspecified atom stereocenters. The van der Waals surface area contributed by atoms with Gasteiger partial charge in [0, 0.05) is 19.3 Å². The van der Waals surface area contributed by atoms with Crippen molar-refractivity contribution in [2.75, 3.05) is 0 Å². The van der Waals surface area contributed by atoms with Crippen molar-refractivity contribution >= 4 is 41.9 Å². The molecule has 15 heteroatoms. The van der Waals surface area contributed by atoms with E-state index in [0.717, 1.165) is 0 Å². The minimum atomic E-state index is -1.56. The lowest BCUT2D eigenvalue weighted by Crippen LogP contribution is -2.45. The first-order valence-electron chi connectivity index (χ1n) is 10.5. The number of carbonyl (C=O) groups excluding carboxylic acids is 5. The van der Waals surface area contributed by atoms with E-state index in [0.29, 0.717) is 0 Å². The van der Waals surface area contributed by atoms with Crippen molar-refractivity contribution in [2.45, 2.75) is 83.0 Å². The fraction of sp³-hybridized carbons (Fsp3) is 0.650. The van der Waals surface area contributed by atoms with E-state index >= 15 is 0 Å². The zero-order valence-electron chi connectivity index (χ0n) is 19.6. The second-order valence-corrected chi connectivity index (χ2v) is 8.34. The molecule has 0 saturated heterocycles. The van der Waals surface area contributed by atoms with Crippen molar-refractivity contribution in [1.82, 2.24) is 5.32 Å². The van der Waals surface area contributed by atoms with Gasteiger partial charge in [-0.2, -0.15) is 0 Å². The quantitative estimate of drug-likeness (QED) is 0.116. The summed E-state index contributed by atoms with van der Waals surface area (Å²) in [6, 6.07) is -4.24. The summed E-state index contributed by atoms with van der Waals surface area (Å²) in [4.78, 5) is 81.1. The van der Waals surface area contributed by atoms with Gasteiger partial charge in [0.25, 0.3) is 0 Å². The average Bonchev–Trinajstić information content (AvgIpc) is 2.71. The molecule has 0 aliphatic rings. The minimum absolute atomic E-state index is 0.274. The molecule has 0 heterocycles. The van der Waals surface area contributed by atoms with Crippen LogP contribution in [0.15, 0.2) is 0 Å². The molecule has 0 aromatic rings. The number of carbonyl (C=O) groups is 7. The first-order valence-corrected chi connectivity index (χ1v) is 10.5. The molecule has 198 valence electrons. The van der Waals surface area contributed by atoms with Crippen LogP contribution < -0.4 is 16.8 Å². The van der Waals surface area contributed by atoms with E-state index in [1.54, 1.807) is 20.8 Å². The van der Waals surface area contributed by atoms with E-state index in [1.165, 1.54) is 0 Å². The van der Waals surface area contributed by atoms with Gasteiger partial charge in [-0.05, 0) is 40.0 Å². The number of carboxylic acid groups (broad SMARTS) is 2. The van der Waals surface area contributed by atoms with Crippen LogP contribution in [-0.2, 0) is 43.0 Å². The number of nitrogens with two attached hydrogens (primary N) is 2. The van der Waals surface area contributed by atoms with E-state index < -0.39 is 91.3 Å². The van der Waals surface area contributed by atoms with Gasteiger partial charge >= 0.3 is 41.9 Å². The maximum Gasteiger partial charge on any atom is 0.408 e. The van der Waals surface area contributed by atoms with Gasteiger partial charge in [0.05, 0.1) is 0 Å². The third kappa shape index (κ3) is 15.0. The molecule has 0 aliphatic carbocycles. The molecule has 0 aliphatic heterocycles. The Labute approximate surface area is 200 Å². The number of aliphatic carboxylic acids is 2. The van der Waals surface area contributed by atoms with Crippen LogP contribution in [0.4, 0.5) is 4.79 Å². The van der Waals surface area contributed by atoms with Gasteiger partial charge in [-0.15, -0.1) is 0 Å². The molecule has 0 radical (unpaired) electrons. The van der Waals surface area contributed by atoms with Gasteiger partial charge in [0.15, 0.2) is 0 Å². The fourth-order valence-corrected chi connectivity index (χ4v) is 2.22. The molecular weight excluding hydrogens is 474 g/mol. The number of rotatable bonds is 13. The SMILES string of the molecule is CC(C)(C)OC(=O)N[C@@H](CCC(=O)OC(=O)CC[C@H](N)C(=O)O)C(=O)OC(=O)CC[C@H](N)C(=O)O. The summed E-state index contributed by atoms with van der Waals surface area (Å²) in [5.41, 5.74) is 9.58. The number of ether oxygens (including phenoxy) is 3. The highest BCUT2D eigenvalue weighted by atomic mass is 16.6. The van der Waals surface area contributed by atoms with Gasteiger partial charge in [-0.3, -0.25) is 24.0 Å². The largest absolute Gasteiger partial charge is 0.480 e. The van der Waals surface area contributed by atoms with Crippen LogP contribution in [0.2, 0.25) is 0 Å². The number of hydrogen-bond donors (Lipinski definition) is 5. The minimum Gasteiger partial charge on any atom is -0.480 e. The van der Waals surface area contributed by atoms with Crippen molar-refractivity contribution in [3.8, 4) is 0 Å². The maximum absolute atomic E-state index is 12.4. The Kier molecular flexibility index (Phi) is 13.1. The Bertz CT molecular complexity index is 821. The number of esters is 4. The van der Waals surface area contributed by atoms with Crippen LogP contribution in [0.3, 0.4) is 0 Å². The van der Waals surface area contributed by atoms with Gasteiger partial charge in [0.2, 0.25) is 0 Å². The van der Waals surface area contributed by atoms with Crippen molar-refractivity contribution in [1.29, 1.82) is 0 Å². The maximum atomic E-state index is 12.4. The smallest absolute Gasteiger partial charge is 0.408 e. The molecule has 0 aromatic heterocycles. The van der Waals surface area contributed by atoms with Gasteiger partial charge in [-0.25, -0.2) is 9.59 Å². The summed E-state index contributed by atoms with van der Waals surface area (Å²) in [6.45, 7) is 4.65. The molecule has 0 bridgehead atoms. The number of alkyl carbamates (subject to hydrolysis) is 1. The summed E-state index contributed by atoms with van der Waals surface area (Å²) < 4.78 is 14.1. The molecule has 0 aromatic carbocycles. The van der Waals surface area contributed by atoms with Crippen LogP contribution in [0, 0.1) is 0 Å². The standard InChI is InChI=1S/C20H31N3O12/c1-20(2,3)35-19(32)23-12(18(31)34-15(26)8-5-11(22)17(29)30)6-9-14(25)33-13(24)7-4-10(21)16(27)28/h10-12H,4-9,21-22H2,1-3H3,(H,23,32)(H,27,28)(H,29,30)/t10-,11-,12-/m0/s1. The molecule has 7 N–H and O–H groups in total. The Hall–Kier alpha value is -3.59. The van der Waals surface area contributed by atoms with Crippen LogP contribution in [0.1, 0.15) is 59.3 Å². The predicted molar refractivity (Wildman–Crippen MR) is 114 cm³/mol. The molecular formula is C20H31N3O12. The second kappa shape index (κ2) is 14.6. The fourth-order valence-electron chi connectivity index (χ4n) is 2.22. The topological polar surface area (TPSA) is 252 Å². The Morgan fingerprint density at radius 1 is 0.743 bits per heavy atom. The first-order chi connectivity index (χ1) is 16.0. The third-order valence-electron chi connectivity index (χ3n) is 4.01. The molecule has 35 heavy (non-hydrogen) atoms. The number of carboxylic acids is 2.